The summed E-state index contributed by atoms with van der Waals surface area (Å²) in [7, 11) is 1.45. The van der Waals surface area contributed by atoms with E-state index in [1.54, 1.807) is 30.3 Å². The molecule has 0 fully saturated rings. The Morgan fingerprint density at radius 1 is 0.564 bits per heavy atom. The Morgan fingerprint density at radius 3 is 1.71 bits per heavy atom. The van der Waals surface area contributed by atoms with Crippen molar-refractivity contribution < 1.29 is 43.8 Å². The minimum atomic E-state index is -1.51. The zero-order valence-corrected chi connectivity index (χ0v) is 30.3. The van der Waals surface area contributed by atoms with Gasteiger partial charge in [0.15, 0.2) is 0 Å². The van der Waals surface area contributed by atoms with Crippen LogP contribution in [0.2, 0.25) is 0 Å². The lowest BCUT2D eigenvalue weighted by molar-refractivity contribution is -0.141. The number of aromatic hydroxyl groups is 1. The Balaban J connectivity index is 1.50. The highest BCUT2D eigenvalue weighted by Gasteiger charge is 2.31. The van der Waals surface area contributed by atoms with Crippen LogP contribution in [0.4, 0.5) is 0 Å². The van der Waals surface area contributed by atoms with Gasteiger partial charge in [0.05, 0.1) is 13.0 Å². The Hall–Kier alpha value is -6.77. The molecule has 288 valence electrons. The first kappa shape index (κ1) is 41.0. The molecule has 0 aliphatic heterocycles. The maximum absolute atomic E-state index is 13.9. The number of benzene rings is 4. The number of fused-ring (bicyclic) bond motifs is 1. The highest BCUT2D eigenvalue weighted by Crippen LogP contribution is 2.17. The molecule has 4 aromatic carbocycles. The van der Waals surface area contributed by atoms with Gasteiger partial charge in [-0.1, -0.05) is 84.9 Å². The van der Waals surface area contributed by atoms with Crippen LogP contribution in [-0.4, -0.2) is 89.4 Å². The number of hydrogen-bond donors (Lipinski definition) is 8. The van der Waals surface area contributed by atoms with Gasteiger partial charge in [0.2, 0.25) is 35.4 Å². The number of phenols is 1. The molecular weight excluding hydrogens is 708 g/mol. The van der Waals surface area contributed by atoms with E-state index in [-0.39, 0.29) is 25.0 Å². The predicted octanol–water partition coefficient (Wildman–Crippen LogP) is 0.869. The van der Waals surface area contributed by atoms with Crippen LogP contribution in [0.5, 0.6) is 5.75 Å². The van der Waals surface area contributed by atoms with Crippen molar-refractivity contribution in [2.75, 3.05) is 13.6 Å². The minimum Gasteiger partial charge on any atom is -0.508 e. The predicted molar refractivity (Wildman–Crippen MR) is 202 cm³/mol. The van der Waals surface area contributed by atoms with Crippen molar-refractivity contribution in [1.29, 1.82) is 0 Å². The third-order valence-electron chi connectivity index (χ3n) is 8.57. The van der Waals surface area contributed by atoms with Crippen LogP contribution >= 0.6 is 0 Å². The number of likely N-dealkylation sites (N-methyl/N-ethyl adjacent to an activating group) is 1. The van der Waals surface area contributed by atoms with Crippen molar-refractivity contribution in [2.45, 2.75) is 56.8 Å². The molecule has 6 amide bonds. The van der Waals surface area contributed by atoms with Gasteiger partial charge in [-0.25, -0.2) is 0 Å². The van der Waals surface area contributed by atoms with E-state index in [1.165, 1.54) is 31.3 Å². The summed E-state index contributed by atoms with van der Waals surface area (Å²) >= 11 is 0. The molecule has 0 bridgehead atoms. The van der Waals surface area contributed by atoms with Crippen LogP contribution in [0.15, 0.2) is 97.1 Å². The molecule has 0 radical (unpaired) electrons. The summed E-state index contributed by atoms with van der Waals surface area (Å²) in [6.45, 7) is 0.575. The number of phenolic OH excluding ortho intramolecular Hbond substituents is 1. The van der Waals surface area contributed by atoms with Gasteiger partial charge >= 0.3 is 5.97 Å². The molecule has 8 N–H and O–H groups in total. The van der Waals surface area contributed by atoms with Crippen molar-refractivity contribution in [2.24, 2.45) is 0 Å². The average molecular weight is 753 g/mol. The fraction of sp³-hybridized carbons (Fsp3) is 0.275. The normalized spacial score (nSPS) is 12.9. The minimum absolute atomic E-state index is 0.0176. The molecule has 4 atom stereocenters. The third kappa shape index (κ3) is 13.0. The Labute approximate surface area is 317 Å². The molecule has 4 rings (SSSR count). The Kier molecular flexibility index (Phi) is 14.8. The second kappa shape index (κ2) is 19.9. The Bertz CT molecular complexity index is 1990. The number of carboxylic acids is 1. The fourth-order valence-corrected chi connectivity index (χ4v) is 5.83. The van der Waals surface area contributed by atoms with Gasteiger partial charge in [-0.3, -0.25) is 33.6 Å². The van der Waals surface area contributed by atoms with Crippen molar-refractivity contribution in [3.05, 3.63) is 114 Å². The van der Waals surface area contributed by atoms with E-state index in [4.69, 9.17) is 0 Å². The number of aliphatic carboxylic acids is 1. The molecule has 15 heteroatoms. The zero-order chi connectivity index (χ0) is 39.9. The lowest BCUT2D eigenvalue weighted by atomic mass is 10.0. The first-order valence-electron chi connectivity index (χ1n) is 17.5. The van der Waals surface area contributed by atoms with Crippen molar-refractivity contribution in [3.8, 4) is 5.75 Å². The van der Waals surface area contributed by atoms with Crippen LogP contribution in [-0.2, 0) is 52.8 Å². The molecule has 0 aliphatic rings. The van der Waals surface area contributed by atoms with Gasteiger partial charge in [0.25, 0.3) is 0 Å². The summed E-state index contributed by atoms with van der Waals surface area (Å²) < 4.78 is 0. The van der Waals surface area contributed by atoms with Crippen LogP contribution in [0.1, 0.15) is 30.0 Å². The van der Waals surface area contributed by atoms with E-state index in [9.17, 15) is 43.8 Å². The second-order valence-electron chi connectivity index (χ2n) is 12.9. The van der Waals surface area contributed by atoms with Gasteiger partial charge in [-0.05, 0) is 39.6 Å². The van der Waals surface area contributed by atoms with Crippen molar-refractivity contribution in [1.82, 2.24) is 31.9 Å². The largest absolute Gasteiger partial charge is 0.508 e. The smallest absolute Gasteiger partial charge is 0.305 e. The molecule has 0 spiro atoms. The lowest BCUT2D eigenvalue weighted by Gasteiger charge is -2.25. The van der Waals surface area contributed by atoms with E-state index < -0.39 is 78.5 Å². The molecule has 4 aromatic rings. The molecule has 0 aliphatic carbocycles. The number of amides is 6. The number of nitrogens with one attached hydrogen (secondary N) is 6. The van der Waals surface area contributed by atoms with E-state index in [2.05, 4.69) is 31.9 Å². The second-order valence-corrected chi connectivity index (χ2v) is 12.9. The topological polar surface area (TPSA) is 232 Å². The summed E-state index contributed by atoms with van der Waals surface area (Å²) in [5.74, 6) is -5.69. The van der Waals surface area contributed by atoms with Crippen LogP contribution in [0.3, 0.4) is 0 Å². The molecule has 55 heavy (non-hydrogen) atoms. The average Bonchev–Trinajstić information content (AvgIpc) is 3.16. The third-order valence-corrected chi connectivity index (χ3v) is 8.57. The van der Waals surface area contributed by atoms with E-state index in [0.717, 1.165) is 23.3 Å². The van der Waals surface area contributed by atoms with Gasteiger partial charge in [-0.2, -0.15) is 0 Å². The fourth-order valence-electron chi connectivity index (χ4n) is 5.83. The SMILES string of the molecule is CNC(=O)[C@H](Cc1ccc2ccccc2c1)NC(=O)CNC(=O)[C@H](Cc1ccccc1)NC(=O)[C@H](Cc1ccc(O)cc1)NC(=O)[C@H](CC(=O)O)NC(C)=O. The lowest BCUT2D eigenvalue weighted by Crippen LogP contribution is -2.58. The van der Waals surface area contributed by atoms with Crippen LogP contribution < -0.4 is 31.9 Å². The highest BCUT2D eigenvalue weighted by atomic mass is 16.4. The number of carbonyl (C=O) groups is 7. The first-order valence-corrected chi connectivity index (χ1v) is 17.5. The Morgan fingerprint density at radius 2 is 1.09 bits per heavy atom. The molecule has 0 aromatic heterocycles. The quantitative estimate of drug-likeness (QED) is 0.0720. The standard InChI is InChI=1S/C40H44N6O9/c1-24(47)43-34(22-36(50)51)40(55)46-33(20-26-13-16-30(48)17-14-26)39(54)45-32(19-25-8-4-3-5-9-25)38(53)42-23-35(49)44-31(37(52)41-2)21-27-12-15-28-10-6-7-11-29(28)18-27/h3-18,31-34,48H,19-23H2,1-2H3,(H,41,52)(H,42,53)(H,43,47)(H,44,49)(H,45,54)(H,46,55)(H,50,51)/t31-,32-,33-,34-/m0/s1. The highest BCUT2D eigenvalue weighted by molar-refractivity contribution is 5.96. The van der Waals surface area contributed by atoms with E-state index >= 15 is 0 Å². The number of hydrogen-bond acceptors (Lipinski definition) is 8. The van der Waals surface area contributed by atoms with Crippen LogP contribution in [0.25, 0.3) is 10.8 Å². The van der Waals surface area contributed by atoms with Crippen molar-refractivity contribution in [3.63, 3.8) is 0 Å². The first-order chi connectivity index (χ1) is 26.3. The van der Waals surface area contributed by atoms with Crippen molar-refractivity contribution >= 4 is 52.2 Å². The maximum Gasteiger partial charge on any atom is 0.305 e. The molecule has 0 saturated heterocycles. The molecule has 0 heterocycles. The summed E-state index contributed by atoms with van der Waals surface area (Å²) in [6, 6.07) is 22.9. The van der Waals surface area contributed by atoms with Crippen LogP contribution in [0, 0.1) is 0 Å². The molecule has 0 unspecified atom stereocenters. The summed E-state index contributed by atoms with van der Waals surface area (Å²) in [6.07, 6.45) is -0.739. The number of rotatable bonds is 18. The summed E-state index contributed by atoms with van der Waals surface area (Å²) in [5, 5.41) is 36.2. The van der Waals surface area contributed by atoms with Gasteiger partial charge in [-0.15, -0.1) is 0 Å². The van der Waals surface area contributed by atoms with Gasteiger partial charge in [0.1, 0.15) is 29.9 Å². The van der Waals surface area contributed by atoms with Gasteiger partial charge in [0, 0.05) is 33.2 Å². The summed E-state index contributed by atoms with van der Waals surface area (Å²) in [4.78, 5) is 89.9. The number of carboxylic acid groups (broad SMARTS) is 1. The zero-order valence-electron chi connectivity index (χ0n) is 30.3. The number of carbonyl (C=O) groups excluding carboxylic acids is 6. The summed E-state index contributed by atoms with van der Waals surface area (Å²) in [5.41, 5.74) is 1.97. The monoisotopic (exact) mass is 752 g/mol. The van der Waals surface area contributed by atoms with Gasteiger partial charge < -0.3 is 42.1 Å². The molecule has 15 nitrogen and oxygen atoms in total. The van der Waals surface area contributed by atoms with E-state index in [0.29, 0.717) is 11.1 Å². The maximum atomic E-state index is 13.9. The molecular formula is C40H44N6O9. The molecule has 0 saturated carbocycles. The van der Waals surface area contributed by atoms with E-state index in [1.807, 2.05) is 42.5 Å².